The lowest BCUT2D eigenvalue weighted by Crippen LogP contribution is -2.38. The number of fused-ring (bicyclic) bond motifs is 1. The topological polar surface area (TPSA) is 91.4 Å². The van der Waals surface area contributed by atoms with Gasteiger partial charge >= 0.3 is 0 Å². The molecule has 0 unspecified atom stereocenters. The van der Waals surface area contributed by atoms with Crippen molar-refractivity contribution in [3.05, 3.63) is 64.3 Å². The number of hydrogen-bond donors (Lipinski definition) is 1. The van der Waals surface area contributed by atoms with E-state index in [1.54, 1.807) is 43.6 Å². The number of hydrogen-bond acceptors (Lipinski definition) is 6. The number of benzene rings is 1. The Balaban J connectivity index is 1.58. The van der Waals surface area contributed by atoms with Gasteiger partial charge in [-0.1, -0.05) is 12.1 Å². The first-order valence-corrected chi connectivity index (χ1v) is 9.14. The van der Waals surface area contributed by atoms with Crippen molar-refractivity contribution in [3.8, 4) is 0 Å². The zero-order valence-electron chi connectivity index (χ0n) is 15.6. The van der Waals surface area contributed by atoms with E-state index >= 15 is 0 Å². The van der Waals surface area contributed by atoms with Crippen LogP contribution in [0.3, 0.4) is 0 Å². The van der Waals surface area contributed by atoms with E-state index < -0.39 is 0 Å². The third kappa shape index (κ3) is 3.59. The minimum Gasteiger partial charge on any atom is -0.378 e. The fourth-order valence-electron chi connectivity index (χ4n) is 3.30. The van der Waals surface area contributed by atoms with E-state index in [1.165, 1.54) is 4.90 Å². The summed E-state index contributed by atoms with van der Waals surface area (Å²) in [5, 5.41) is 0.530. The van der Waals surface area contributed by atoms with Crippen LogP contribution < -0.4 is 10.5 Å². The van der Waals surface area contributed by atoms with E-state index in [-0.39, 0.29) is 18.0 Å². The number of anilines is 1. The van der Waals surface area contributed by atoms with Gasteiger partial charge in [-0.25, -0.2) is 9.97 Å². The molecule has 0 saturated carbocycles. The number of carbonyl (C=O) groups is 1. The van der Waals surface area contributed by atoms with Gasteiger partial charge in [0.05, 0.1) is 36.2 Å². The molecule has 1 aromatic carbocycles. The van der Waals surface area contributed by atoms with Gasteiger partial charge in [0, 0.05) is 26.3 Å². The molecule has 1 amide bonds. The van der Waals surface area contributed by atoms with Crippen LogP contribution in [0.2, 0.25) is 0 Å². The molecule has 1 saturated heterocycles. The first-order chi connectivity index (χ1) is 13.6. The molecule has 0 spiro atoms. The fraction of sp³-hybridized carbons (Fsp3) is 0.300. The van der Waals surface area contributed by atoms with E-state index in [0.717, 1.165) is 0 Å². The molecule has 2 aromatic heterocycles. The minimum atomic E-state index is -0.211. The summed E-state index contributed by atoms with van der Waals surface area (Å²) >= 11 is 0. The maximum absolute atomic E-state index is 13.1. The molecule has 3 aromatic rings. The Bertz CT molecular complexity index is 1060. The summed E-state index contributed by atoms with van der Waals surface area (Å²) in [7, 11) is 1.69. The zero-order chi connectivity index (χ0) is 19.5. The maximum Gasteiger partial charge on any atom is 0.258 e. The lowest BCUT2D eigenvalue weighted by Gasteiger charge is -2.29. The Hall–Kier alpha value is -3.26. The Labute approximate surface area is 161 Å². The molecular formula is C20H21N5O3. The Morgan fingerprint density at radius 1 is 1.21 bits per heavy atom. The Morgan fingerprint density at radius 2 is 2.00 bits per heavy atom. The van der Waals surface area contributed by atoms with Crippen LogP contribution in [0.4, 0.5) is 5.82 Å². The number of amides is 1. The number of para-hydroxylation sites is 1. The second kappa shape index (κ2) is 7.77. The summed E-state index contributed by atoms with van der Waals surface area (Å²) in [6.07, 6.45) is 1.68. The normalized spacial score (nSPS) is 14.2. The Morgan fingerprint density at radius 3 is 2.82 bits per heavy atom. The second-order valence-corrected chi connectivity index (χ2v) is 6.66. The molecule has 28 heavy (non-hydrogen) atoms. The van der Waals surface area contributed by atoms with Gasteiger partial charge in [0.2, 0.25) is 0 Å². The van der Waals surface area contributed by atoms with Crippen molar-refractivity contribution in [2.24, 2.45) is 0 Å². The summed E-state index contributed by atoms with van der Waals surface area (Å²) in [6.45, 7) is 2.81. The number of carbonyl (C=O) groups excluding carboxylic acids is 1. The number of H-pyrrole nitrogens is 1. The standard InChI is InChI=1S/C20H21N5O3/c1-24(13-17-22-16-7-3-2-5-14(16)19(26)23-17)20(27)15-6-4-8-21-18(15)25-9-11-28-12-10-25/h2-8H,9-13H2,1H3,(H,22,23,26). The van der Waals surface area contributed by atoms with E-state index in [9.17, 15) is 9.59 Å². The fourth-order valence-corrected chi connectivity index (χ4v) is 3.30. The van der Waals surface area contributed by atoms with Crippen molar-refractivity contribution >= 4 is 22.6 Å². The first-order valence-electron chi connectivity index (χ1n) is 9.14. The molecule has 0 aliphatic carbocycles. The van der Waals surface area contributed by atoms with E-state index in [4.69, 9.17) is 4.74 Å². The number of aromatic nitrogens is 3. The molecule has 8 nitrogen and oxygen atoms in total. The monoisotopic (exact) mass is 379 g/mol. The highest BCUT2D eigenvalue weighted by atomic mass is 16.5. The number of morpholine rings is 1. The number of rotatable bonds is 4. The zero-order valence-corrected chi connectivity index (χ0v) is 15.6. The third-order valence-electron chi connectivity index (χ3n) is 4.72. The molecule has 8 heteroatoms. The second-order valence-electron chi connectivity index (χ2n) is 6.66. The van der Waals surface area contributed by atoms with Gasteiger partial charge in [-0.3, -0.25) is 9.59 Å². The number of pyridine rings is 1. The van der Waals surface area contributed by atoms with Crippen LogP contribution in [-0.2, 0) is 11.3 Å². The molecule has 1 aliphatic heterocycles. The van der Waals surface area contributed by atoms with Crippen LogP contribution in [0.25, 0.3) is 10.9 Å². The van der Waals surface area contributed by atoms with Crippen molar-refractivity contribution in [2.75, 3.05) is 38.3 Å². The molecule has 1 fully saturated rings. The smallest absolute Gasteiger partial charge is 0.258 e. The van der Waals surface area contributed by atoms with Crippen molar-refractivity contribution in [3.63, 3.8) is 0 Å². The van der Waals surface area contributed by atoms with Crippen LogP contribution in [-0.4, -0.2) is 59.1 Å². The summed E-state index contributed by atoms with van der Waals surface area (Å²) in [6, 6.07) is 10.7. The molecule has 0 atom stereocenters. The highest BCUT2D eigenvalue weighted by Crippen LogP contribution is 2.20. The maximum atomic E-state index is 13.1. The lowest BCUT2D eigenvalue weighted by molar-refractivity contribution is 0.0780. The average Bonchev–Trinajstić information content (AvgIpc) is 2.74. The van der Waals surface area contributed by atoms with Crippen LogP contribution in [0.15, 0.2) is 47.4 Å². The number of aromatic amines is 1. The lowest BCUT2D eigenvalue weighted by atomic mass is 10.2. The summed E-state index contributed by atoms with van der Waals surface area (Å²) < 4.78 is 5.39. The van der Waals surface area contributed by atoms with Gasteiger partial charge < -0.3 is 19.5 Å². The van der Waals surface area contributed by atoms with Crippen LogP contribution in [0.1, 0.15) is 16.2 Å². The summed E-state index contributed by atoms with van der Waals surface area (Å²) in [5.41, 5.74) is 0.921. The molecule has 3 heterocycles. The third-order valence-corrected chi connectivity index (χ3v) is 4.72. The predicted octanol–water partition coefficient (Wildman–Crippen LogP) is 1.43. The molecular weight excluding hydrogens is 358 g/mol. The highest BCUT2D eigenvalue weighted by molar-refractivity contribution is 5.98. The van der Waals surface area contributed by atoms with Gasteiger partial charge in [-0.2, -0.15) is 0 Å². The van der Waals surface area contributed by atoms with Gasteiger partial charge in [-0.05, 0) is 24.3 Å². The van der Waals surface area contributed by atoms with Crippen molar-refractivity contribution in [2.45, 2.75) is 6.54 Å². The van der Waals surface area contributed by atoms with Crippen LogP contribution >= 0.6 is 0 Å². The van der Waals surface area contributed by atoms with Crippen molar-refractivity contribution in [1.29, 1.82) is 0 Å². The minimum absolute atomic E-state index is 0.176. The number of nitrogens with zero attached hydrogens (tertiary/aromatic N) is 4. The highest BCUT2D eigenvalue weighted by Gasteiger charge is 2.22. The summed E-state index contributed by atoms with van der Waals surface area (Å²) in [4.78, 5) is 40.6. The van der Waals surface area contributed by atoms with Gasteiger partial charge in [0.1, 0.15) is 11.6 Å². The molecule has 0 bridgehead atoms. The van der Waals surface area contributed by atoms with Crippen LogP contribution in [0, 0.1) is 0 Å². The van der Waals surface area contributed by atoms with Gasteiger partial charge in [-0.15, -0.1) is 0 Å². The predicted molar refractivity (Wildman–Crippen MR) is 105 cm³/mol. The average molecular weight is 379 g/mol. The molecule has 4 rings (SSSR count). The number of nitrogens with one attached hydrogen (secondary N) is 1. The molecule has 1 N–H and O–H groups in total. The van der Waals surface area contributed by atoms with Crippen molar-refractivity contribution in [1.82, 2.24) is 19.9 Å². The summed E-state index contributed by atoms with van der Waals surface area (Å²) in [5.74, 6) is 0.921. The Kier molecular flexibility index (Phi) is 5.03. The molecule has 144 valence electrons. The van der Waals surface area contributed by atoms with E-state index in [0.29, 0.717) is 54.4 Å². The van der Waals surface area contributed by atoms with Gasteiger partial charge in [0.15, 0.2) is 0 Å². The molecule has 1 aliphatic rings. The SMILES string of the molecule is CN(Cc1nc2ccccc2c(=O)[nH]1)C(=O)c1cccnc1N1CCOCC1. The molecule has 0 radical (unpaired) electrons. The van der Waals surface area contributed by atoms with Gasteiger partial charge in [0.25, 0.3) is 11.5 Å². The quantitative estimate of drug-likeness (QED) is 0.737. The van der Waals surface area contributed by atoms with E-state index in [1.807, 2.05) is 6.07 Å². The largest absolute Gasteiger partial charge is 0.378 e. The first kappa shape index (κ1) is 18.1. The van der Waals surface area contributed by atoms with Crippen LogP contribution in [0.5, 0.6) is 0 Å². The van der Waals surface area contributed by atoms with Crippen molar-refractivity contribution < 1.29 is 9.53 Å². The van der Waals surface area contributed by atoms with E-state index in [2.05, 4.69) is 19.9 Å². The number of ether oxygens (including phenoxy) is 1.